The lowest BCUT2D eigenvalue weighted by molar-refractivity contribution is -0.117. The zero-order chi connectivity index (χ0) is 23.9. The van der Waals surface area contributed by atoms with Crippen LogP contribution >= 0.6 is 0 Å². The van der Waals surface area contributed by atoms with E-state index in [1.165, 1.54) is 18.1 Å². The molecule has 3 unspecified atom stereocenters. The third-order valence-corrected chi connectivity index (χ3v) is 9.39. The molecule has 3 aliphatic rings. The first-order valence-corrected chi connectivity index (χ1v) is 13.7. The van der Waals surface area contributed by atoms with Gasteiger partial charge in [-0.05, 0) is 90.5 Å². The summed E-state index contributed by atoms with van der Waals surface area (Å²) >= 11 is 0. The van der Waals surface area contributed by atoms with Gasteiger partial charge in [-0.15, -0.1) is 0 Å². The van der Waals surface area contributed by atoms with Crippen molar-refractivity contribution in [2.45, 2.75) is 71.0 Å². The number of hydrogen-bond acceptors (Lipinski definition) is 5. The Labute approximate surface area is 202 Å². The summed E-state index contributed by atoms with van der Waals surface area (Å²) in [4.78, 5) is 11.3. The van der Waals surface area contributed by atoms with Crippen molar-refractivity contribution < 1.29 is 22.1 Å². The first kappa shape index (κ1) is 23.4. The molecular formula is C27H33NO5S. The molecule has 2 aromatic rings. The monoisotopic (exact) mass is 483 g/mol. The largest absolute Gasteiger partial charge is 0.489 e. The Morgan fingerprint density at radius 1 is 1.09 bits per heavy atom. The van der Waals surface area contributed by atoms with Gasteiger partial charge in [0.05, 0.1) is 6.10 Å². The molecule has 182 valence electrons. The lowest BCUT2D eigenvalue weighted by Gasteiger charge is -2.50. The number of fused-ring (bicyclic) bond motifs is 5. The summed E-state index contributed by atoms with van der Waals surface area (Å²) in [6.45, 7) is 3.93. The molecule has 7 heteroatoms. The molecule has 6 nitrogen and oxygen atoms in total. The summed E-state index contributed by atoms with van der Waals surface area (Å²) in [6, 6.07) is 16.8. The fourth-order valence-corrected chi connectivity index (χ4v) is 7.87. The number of hydrogen-bond donors (Lipinski definition) is 1. The molecule has 0 radical (unpaired) electrons. The number of benzene rings is 2. The SMILES string of the molecule is CC(=O)NS(=O)(=O)O[C@H]1CCC2C3CCc4cc(OCc5ccccc5)ccc4C3CC[C@@]21C. The molecule has 0 aliphatic heterocycles. The molecule has 2 aromatic carbocycles. The summed E-state index contributed by atoms with van der Waals surface area (Å²) in [6.07, 6.45) is 5.35. The van der Waals surface area contributed by atoms with E-state index >= 15 is 0 Å². The Morgan fingerprint density at radius 2 is 1.88 bits per heavy atom. The van der Waals surface area contributed by atoms with Gasteiger partial charge in [0.1, 0.15) is 12.4 Å². The number of carbonyl (C=O) groups excluding carboxylic acids is 1. The van der Waals surface area contributed by atoms with Gasteiger partial charge in [0, 0.05) is 6.92 Å². The summed E-state index contributed by atoms with van der Waals surface area (Å²) in [5, 5.41) is 0. The van der Waals surface area contributed by atoms with Gasteiger partial charge in [-0.1, -0.05) is 43.3 Å². The predicted octanol–water partition coefficient (Wildman–Crippen LogP) is 4.89. The zero-order valence-corrected chi connectivity index (χ0v) is 20.6. The highest BCUT2D eigenvalue weighted by Gasteiger charge is 2.56. The maximum atomic E-state index is 12.3. The Morgan fingerprint density at radius 3 is 2.65 bits per heavy atom. The van der Waals surface area contributed by atoms with E-state index in [4.69, 9.17) is 8.92 Å². The lowest BCUT2D eigenvalue weighted by atomic mass is 9.55. The molecule has 34 heavy (non-hydrogen) atoms. The molecule has 5 atom stereocenters. The highest BCUT2D eigenvalue weighted by molar-refractivity contribution is 7.85. The molecule has 2 saturated carbocycles. The van der Waals surface area contributed by atoms with Crippen molar-refractivity contribution in [2.24, 2.45) is 17.3 Å². The fraction of sp³-hybridized carbons (Fsp3) is 0.519. The minimum atomic E-state index is -4.07. The second-order valence-electron chi connectivity index (χ2n) is 10.4. The quantitative estimate of drug-likeness (QED) is 0.633. The maximum Gasteiger partial charge on any atom is 0.362 e. The van der Waals surface area contributed by atoms with Crippen molar-refractivity contribution in [3.63, 3.8) is 0 Å². The van der Waals surface area contributed by atoms with Crippen LogP contribution in [0.15, 0.2) is 48.5 Å². The molecule has 1 N–H and O–H groups in total. The minimum Gasteiger partial charge on any atom is -0.489 e. The van der Waals surface area contributed by atoms with Crippen LogP contribution in [0.4, 0.5) is 0 Å². The number of ether oxygens (including phenoxy) is 1. The summed E-state index contributed by atoms with van der Waals surface area (Å²) in [5.41, 5.74) is 3.78. The average molecular weight is 484 g/mol. The Bertz CT molecular complexity index is 1160. The molecule has 2 fully saturated rings. The lowest BCUT2D eigenvalue weighted by Crippen LogP contribution is -2.46. The summed E-state index contributed by atoms with van der Waals surface area (Å²) in [5.74, 6) is 1.74. The van der Waals surface area contributed by atoms with Gasteiger partial charge in [-0.2, -0.15) is 8.42 Å². The fourth-order valence-electron chi connectivity index (χ4n) is 6.85. The summed E-state index contributed by atoms with van der Waals surface area (Å²) < 4.78 is 38.1. The van der Waals surface area contributed by atoms with E-state index in [-0.39, 0.29) is 11.5 Å². The maximum absolute atomic E-state index is 12.3. The number of amides is 1. The van der Waals surface area contributed by atoms with Crippen molar-refractivity contribution in [1.29, 1.82) is 0 Å². The van der Waals surface area contributed by atoms with E-state index in [1.807, 2.05) is 22.9 Å². The van der Waals surface area contributed by atoms with E-state index in [0.29, 0.717) is 30.8 Å². The third-order valence-electron chi connectivity index (χ3n) is 8.37. The van der Waals surface area contributed by atoms with Crippen LogP contribution in [0.5, 0.6) is 5.75 Å². The smallest absolute Gasteiger partial charge is 0.362 e. The van der Waals surface area contributed by atoms with Gasteiger partial charge in [0.25, 0.3) is 0 Å². The van der Waals surface area contributed by atoms with E-state index < -0.39 is 16.2 Å². The van der Waals surface area contributed by atoms with E-state index in [9.17, 15) is 13.2 Å². The number of carbonyl (C=O) groups is 1. The van der Waals surface area contributed by atoms with Crippen molar-refractivity contribution in [3.8, 4) is 5.75 Å². The molecule has 0 bridgehead atoms. The van der Waals surface area contributed by atoms with E-state index in [1.54, 1.807) is 0 Å². The van der Waals surface area contributed by atoms with Crippen LogP contribution < -0.4 is 9.46 Å². The van der Waals surface area contributed by atoms with E-state index in [2.05, 4.69) is 37.3 Å². The average Bonchev–Trinajstić information content (AvgIpc) is 3.12. The van der Waals surface area contributed by atoms with Gasteiger partial charge >= 0.3 is 10.3 Å². The second kappa shape index (κ2) is 9.00. The highest BCUT2D eigenvalue weighted by atomic mass is 32.2. The summed E-state index contributed by atoms with van der Waals surface area (Å²) in [7, 11) is -4.07. The van der Waals surface area contributed by atoms with Crippen LogP contribution in [0.25, 0.3) is 0 Å². The molecule has 0 spiro atoms. The number of nitrogens with one attached hydrogen (secondary N) is 1. The minimum absolute atomic E-state index is 0.192. The van der Waals surface area contributed by atoms with Gasteiger partial charge in [-0.25, -0.2) is 8.91 Å². The topological polar surface area (TPSA) is 81.7 Å². The normalized spacial score (nSPS) is 30.1. The first-order chi connectivity index (χ1) is 16.2. The standard InChI is InChI=1S/C27H33NO5S/c1-18(29)28-34(30,31)33-26-13-12-25-24-10-8-20-16-21(32-17-19-6-4-3-5-7-19)9-11-22(20)23(24)14-15-27(25,26)2/h3-7,9,11,16,23-26H,8,10,12-15,17H2,1-2H3,(H,28,29)/t23?,24?,25?,26-,27-/m0/s1. The molecule has 0 saturated heterocycles. The zero-order valence-electron chi connectivity index (χ0n) is 19.8. The first-order valence-electron chi connectivity index (χ1n) is 12.3. The molecule has 3 aliphatic carbocycles. The van der Waals surface area contributed by atoms with Crippen LogP contribution in [0.3, 0.4) is 0 Å². The van der Waals surface area contributed by atoms with Crippen molar-refractivity contribution in [2.75, 3.05) is 0 Å². The highest BCUT2D eigenvalue weighted by Crippen LogP contribution is 2.61. The van der Waals surface area contributed by atoms with Gasteiger partial charge < -0.3 is 4.74 Å². The third kappa shape index (κ3) is 4.48. The van der Waals surface area contributed by atoms with Crippen molar-refractivity contribution in [3.05, 3.63) is 65.2 Å². The van der Waals surface area contributed by atoms with Crippen molar-refractivity contribution in [1.82, 2.24) is 4.72 Å². The Hall–Kier alpha value is -2.38. The number of rotatable bonds is 6. The van der Waals surface area contributed by atoms with Crippen LogP contribution in [0.2, 0.25) is 0 Å². The van der Waals surface area contributed by atoms with Gasteiger partial charge in [0.15, 0.2) is 0 Å². The van der Waals surface area contributed by atoms with Crippen LogP contribution in [0, 0.1) is 17.3 Å². The van der Waals surface area contributed by atoms with Gasteiger partial charge in [-0.3, -0.25) is 4.79 Å². The number of aryl methyl sites for hydroxylation is 1. The molecule has 5 rings (SSSR count). The molecule has 1 amide bonds. The van der Waals surface area contributed by atoms with Crippen LogP contribution in [0.1, 0.15) is 68.6 Å². The predicted molar refractivity (Wildman–Crippen MR) is 129 cm³/mol. The van der Waals surface area contributed by atoms with Crippen LogP contribution in [-0.4, -0.2) is 20.4 Å². The Balaban J connectivity index is 1.29. The van der Waals surface area contributed by atoms with E-state index in [0.717, 1.165) is 43.4 Å². The van der Waals surface area contributed by atoms with Crippen molar-refractivity contribution >= 4 is 16.2 Å². The molecule has 0 heterocycles. The van der Waals surface area contributed by atoms with Crippen LogP contribution in [-0.2, 0) is 32.3 Å². The second-order valence-corrected chi connectivity index (χ2v) is 11.7. The molecular weight excluding hydrogens is 450 g/mol. The molecule has 0 aromatic heterocycles. The Kier molecular flexibility index (Phi) is 6.19. The van der Waals surface area contributed by atoms with Gasteiger partial charge in [0.2, 0.25) is 5.91 Å².